The van der Waals surface area contributed by atoms with Gasteiger partial charge in [0.25, 0.3) is 0 Å². The standard InChI is InChI=1S/C11H21NO/c1-4-6-10-7-11(13)12(8-10)9(3)5-2/h9-10H,4-8H2,1-3H3/t9?,10-/m1/s1. The molecule has 1 heterocycles. The van der Waals surface area contributed by atoms with Crippen LogP contribution in [0.1, 0.15) is 46.5 Å². The van der Waals surface area contributed by atoms with Gasteiger partial charge in [-0.25, -0.2) is 0 Å². The van der Waals surface area contributed by atoms with Crippen LogP contribution in [0.25, 0.3) is 0 Å². The van der Waals surface area contributed by atoms with Crippen molar-refractivity contribution in [2.45, 2.75) is 52.5 Å². The van der Waals surface area contributed by atoms with Crippen LogP contribution in [0.5, 0.6) is 0 Å². The molecule has 2 heteroatoms. The molecule has 1 rings (SSSR count). The molecule has 0 N–H and O–H groups in total. The van der Waals surface area contributed by atoms with E-state index in [0.717, 1.165) is 19.4 Å². The second-order valence-electron chi connectivity index (χ2n) is 4.16. The van der Waals surface area contributed by atoms with Crippen molar-refractivity contribution in [3.63, 3.8) is 0 Å². The van der Waals surface area contributed by atoms with Gasteiger partial charge in [-0.15, -0.1) is 0 Å². The minimum absolute atomic E-state index is 0.368. The Kier molecular flexibility index (Phi) is 3.76. The molecule has 1 saturated heterocycles. The molecule has 0 aromatic heterocycles. The van der Waals surface area contributed by atoms with Gasteiger partial charge in [-0.05, 0) is 25.7 Å². The van der Waals surface area contributed by atoms with Crippen LogP contribution in [0, 0.1) is 5.92 Å². The highest BCUT2D eigenvalue weighted by molar-refractivity contribution is 5.78. The van der Waals surface area contributed by atoms with Crippen LogP contribution in [0.2, 0.25) is 0 Å². The number of hydrogen-bond donors (Lipinski definition) is 0. The highest BCUT2D eigenvalue weighted by atomic mass is 16.2. The summed E-state index contributed by atoms with van der Waals surface area (Å²) in [6.07, 6.45) is 4.27. The molecular formula is C11H21NO. The summed E-state index contributed by atoms with van der Waals surface area (Å²) >= 11 is 0. The molecule has 1 amide bonds. The third-order valence-electron chi connectivity index (χ3n) is 3.06. The van der Waals surface area contributed by atoms with Crippen LogP contribution in [-0.4, -0.2) is 23.4 Å². The summed E-state index contributed by atoms with van der Waals surface area (Å²) < 4.78 is 0. The molecule has 2 atom stereocenters. The zero-order chi connectivity index (χ0) is 9.84. The quantitative estimate of drug-likeness (QED) is 0.655. The summed E-state index contributed by atoms with van der Waals surface area (Å²) in [5, 5.41) is 0. The average Bonchev–Trinajstić information content (AvgIpc) is 2.46. The summed E-state index contributed by atoms with van der Waals surface area (Å²) in [7, 11) is 0. The molecule has 0 radical (unpaired) electrons. The predicted molar refractivity (Wildman–Crippen MR) is 54.5 cm³/mol. The SMILES string of the molecule is CCC[C@@H]1CC(=O)N(C(C)CC)C1. The Bertz CT molecular complexity index is 179. The predicted octanol–water partition coefficient (Wildman–Crippen LogP) is 2.43. The van der Waals surface area contributed by atoms with Gasteiger partial charge in [0.05, 0.1) is 0 Å². The van der Waals surface area contributed by atoms with Gasteiger partial charge in [0, 0.05) is 19.0 Å². The fraction of sp³-hybridized carbons (Fsp3) is 0.909. The minimum atomic E-state index is 0.368. The van der Waals surface area contributed by atoms with Crippen molar-refractivity contribution in [3.05, 3.63) is 0 Å². The van der Waals surface area contributed by atoms with E-state index in [9.17, 15) is 4.79 Å². The van der Waals surface area contributed by atoms with E-state index in [1.54, 1.807) is 0 Å². The van der Waals surface area contributed by atoms with E-state index in [4.69, 9.17) is 0 Å². The Hall–Kier alpha value is -0.530. The molecular weight excluding hydrogens is 162 g/mol. The highest BCUT2D eigenvalue weighted by Gasteiger charge is 2.30. The van der Waals surface area contributed by atoms with Crippen LogP contribution in [0.3, 0.4) is 0 Å². The van der Waals surface area contributed by atoms with Gasteiger partial charge in [-0.2, -0.15) is 0 Å². The second kappa shape index (κ2) is 4.64. The first kappa shape index (κ1) is 10.6. The zero-order valence-corrected chi connectivity index (χ0v) is 9.05. The lowest BCUT2D eigenvalue weighted by Gasteiger charge is -2.23. The fourth-order valence-corrected chi connectivity index (χ4v) is 2.06. The molecule has 0 aliphatic carbocycles. The summed E-state index contributed by atoms with van der Waals surface area (Å²) in [4.78, 5) is 13.6. The molecule has 1 aliphatic rings. The Morgan fingerprint density at radius 2 is 2.23 bits per heavy atom. The summed E-state index contributed by atoms with van der Waals surface area (Å²) in [6.45, 7) is 7.48. The lowest BCUT2D eigenvalue weighted by Crippen LogP contribution is -2.33. The number of nitrogens with zero attached hydrogens (tertiary/aromatic N) is 1. The maximum Gasteiger partial charge on any atom is 0.223 e. The van der Waals surface area contributed by atoms with Crippen molar-refractivity contribution in [2.75, 3.05) is 6.54 Å². The summed E-state index contributed by atoms with van der Waals surface area (Å²) in [5.74, 6) is 0.999. The molecule has 76 valence electrons. The van der Waals surface area contributed by atoms with E-state index in [1.807, 2.05) is 0 Å². The number of carbonyl (C=O) groups excluding carboxylic acids is 1. The normalized spacial score (nSPS) is 25.3. The number of hydrogen-bond acceptors (Lipinski definition) is 1. The fourth-order valence-electron chi connectivity index (χ4n) is 2.06. The van der Waals surface area contributed by atoms with Crippen molar-refractivity contribution in [2.24, 2.45) is 5.92 Å². The highest BCUT2D eigenvalue weighted by Crippen LogP contribution is 2.24. The van der Waals surface area contributed by atoms with Gasteiger partial charge in [0.1, 0.15) is 0 Å². The van der Waals surface area contributed by atoms with Crippen molar-refractivity contribution in [1.29, 1.82) is 0 Å². The van der Waals surface area contributed by atoms with Gasteiger partial charge in [0.15, 0.2) is 0 Å². The first-order valence-electron chi connectivity index (χ1n) is 5.48. The van der Waals surface area contributed by atoms with E-state index in [2.05, 4.69) is 25.7 Å². The summed E-state index contributed by atoms with van der Waals surface area (Å²) in [5.41, 5.74) is 0. The number of amides is 1. The first-order valence-corrected chi connectivity index (χ1v) is 5.48. The molecule has 0 saturated carbocycles. The van der Waals surface area contributed by atoms with Crippen molar-refractivity contribution in [3.8, 4) is 0 Å². The van der Waals surface area contributed by atoms with Crippen molar-refractivity contribution < 1.29 is 4.79 Å². The Morgan fingerprint density at radius 1 is 1.54 bits per heavy atom. The zero-order valence-electron chi connectivity index (χ0n) is 9.05. The van der Waals surface area contributed by atoms with E-state index >= 15 is 0 Å². The van der Waals surface area contributed by atoms with Gasteiger partial charge >= 0.3 is 0 Å². The molecule has 1 unspecified atom stereocenters. The van der Waals surface area contributed by atoms with Crippen LogP contribution in [0.15, 0.2) is 0 Å². The van der Waals surface area contributed by atoms with Gasteiger partial charge < -0.3 is 4.90 Å². The Morgan fingerprint density at radius 3 is 2.77 bits per heavy atom. The van der Waals surface area contributed by atoms with E-state index < -0.39 is 0 Å². The molecule has 0 aromatic carbocycles. The van der Waals surface area contributed by atoms with E-state index in [0.29, 0.717) is 17.9 Å². The van der Waals surface area contributed by atoms with Crippen LogP contribution < -0.4 is 0 Å². The maximum atomic E-state index is 11.6. The monoisotopic (exact) mass is 183 g/mol. The molecule has 0 bridgehead atoms. The second-order valence-corrected chi connectivity index (χ2v) is 4.16. The largest absolute Gasteiger partial charge is 0.340 e. The number of rotatable bonds is 4. The van der Waals surface area contributed by atoms with Gasteiger partial charge in [-0.1, -0.05) is 20.3 Å². The average molecular weight is 183 g/mol. The third kappa shape index (κ3) is 2.45. The molecule has 13 heavy (non-hydrogen) atoms. The molecule has 1 fully saturated rings. The smallest absolute Gasteiger partial charge is 0.223 e. The van der Waals surface area contributed by atoms with Crippen molar-refractivity contribution >= 4 is 5.91 Å². The number of carbonyl (C=O) groups is 1. The first-order chi connectivity index (χ1) is 6.19. The maximum absolute atomic E-state index is 11.6. The van der Waals surface area contributed by atoms with E-state index in [-0.39, 0.29) is 0 Å². The third-order valence-corrected chi connectivity index (χ3v) is 3.06. The Labute approximate surface area is 81.3 Å². The van der Waals surface area contributed by atoms with Crippen molar-refractivity contribution in [1.82, 2.24) is 4.90 Å². The van der Waals surface area contributed by atoms with Gasteiger partial charge in [0.2, 0.25) is 5.91 Å². The number of likely N-dealkylation sites (tertiary alicyclic amines) is 1. The summed E-state index contributed by atoms with van der Waals surface area (Å²) in [6, 6.07) is 0.439. The molecule has 2 nitrogen and oxygen atoms in total. The topological polar surface area (TPSA) is 20.3 Å². The minimum Gasteiger partial charge on any atom is -0.340 e. The molecule has 0 aromatic rings. The van der Waals surface area contributed by atoms with Crippen LogP contribution in [0.4, 0.5) is 0 Å². The Balaban J connectivity index is 2.46. The lowest BCUT2D eigenvalue weighted by molar-refractivity contribution is -0.129. The molecule has 0 spiro atoms. The lowest BCUT2D eigenvalue weighted by atomic mass is 10.0. The van der Waals surface area contributed by atoms with Crippen LogP contribution >= 0.6 is 0 Å². The molecule has 1 aliphatic heterocycles. The van der Waals surface area contributed by atoms with E-state index in [1.165, 1.54) is 12.8 Å². The van der Waals surface area contributed by atoms with Gasteiger partial charge in [-0.3, -0.25) is 4.79 Å². The van der Waals surface area contributed by atoms with Crippen LogP contribution in [-0.2, 0) is 4.79 Å².